The lowest BCUT2D eigenvalue weighted by molar-refractivity contribution is -0.149. The van der Waals surface area contributed by atoms with Gasteiger partial charge in [0.2, 0.25) is 0 Å². The zero-order chi connectivity index (χ0) is 9.14. The molecule has 0 spiro atoms. The van der Waals surface area contributed by atoms with E-state index in [2.05, 4.69) is 0 Å². The molecular formula is C9H14O3. The Hall–Kier alpha value is -0.860. The Morgan fingerprint density at radius 1 is 1.58 bits per heavy atom. The fraction of sp³-hybridized carbons (Fsp3) is 0.778. The van der Waals surface area contributed by atoms with Crippen LogP contribution in [0.15, 0.2) is 0 Å². The zero-order valence-electron chi connectivity index (χ0n) is 7.50. The van der Waals surface area contributed by atoms with Gasteiger partial charge >= 0.3 is 5.97 Å². The highest BCUT2D eigenvalue weighted by atomic mass is 16.5. The molecule has 0 aromatic heterocycles. The molecule has 12 heavy (non-hydrogen) atoms. The molecule has 0 aliphatic heterocycles. The minimum absolute atomic E-state index is 0.163. The minimum Gasteiger partial charge on any atom is -0.466 e. The van der Waals surface area contributed by atoms with Crippen molar-refractivity contribution < 1.29 is 14.3 Å². The molecule has 0 unspecified atom stereocenters. The van der Waals surface area contributed by atoms with Crippen molar-refractivity contribution in [3.05, 3.63) is 0 Å². The molecule has 68 valence electrons. The number of carbonyl (C=O) groups is 2. The molecule has 0 saturated heterocycles. The summed E-state index contributed by atoms with van der Waals surface area (Å²) in [6.07, 6.45) is 0.906. The Bertz CT molecular complexity index is 198. The van der Waals surface area contributed by atoms with Gasteiger partial charge in [-0.3, -0.25) is 9.59 Å². The normalized spacial score (nSPS) is 29.0. The molecule has 3 heteroatoms. The molecule has 1 aliphatic rings. The summed E-state index contributed by atoms with van der Waals surface area (Å²) in [7, 11) is 0. The molecule has 3 nitrogen and oxygen atoms in total. The van der Waals surface area contributed by atoms with E-state index in [0.29, 0.717) is 19.4 Å². The van der Waals surface area contributed by atoms with E-state index in [0.717, 1.165) is 0 Å². The van der Waals surface area contributed by atoms with E-state index >= 15 is 0 Å². The highest BCUT2D eigenvalue weighted by molar-refractivity contribution is 5.88. The molecule has 1 rings (SSSR count). The average molecular weight is 170 g/mol. The lowest BCUT2D eigenvalue weighted by Crippen LogP contribution is -2.19. The van der Waals surface area contributed by atoms with Crippen LogP contribution in [0.1, 0.15) is 26.7 Å². The van der Waals surface area contributed by atoms with E-state index in [-0.39, 0.29) is 23.6 Å². The van der Waals surface area contributed by atoms with Gasteiger partial charge in [-0.2, -0.15) is 0 Å². The summed E-state index contributed by atoms with van der Waals surface area (Å²) in [6, 6.07) is 0. The predicted octanol–water partition coefficient (Wildman–Crippen LogP) is 1.16. The second-order valence-electron chi connectivity index (χ2n) is 3.28. The van der Waals surface area contributed by atoms with Crippen LogP contribution in [0.3, 0.4) is 0 Å². The van der Waals surface area contributed by atoms with Gasteiger partial charge in [-0.05, 0) is 12.8 Å². The summed E-state index contributed by atoms with van der Waals surface area (Å²) in [4.78, 5) is 22.2. The van der Waals surface area contributed by atoms with Crippen molar-refractivity contribution >= 4 is 11.8 Å². The summed E-state index contributed by atoms with van der Waals surface area (Å²) >= 11 is 0. The van der Waals surface area contributed by atoms with Crippen molar-refractivity contribution in [2.24, 2.45) is 11.8 Å². The van der Waals surface area contributed by atoms with E-state index in [1.54, 1.807) is 6.92 Å². The molecule has 1 fully saturated rings. The Morgan fingerprint density at radius 2 is 2.25 bits per heavy atom. The number of ketones is 1. The monoisotopic (exact) mass is 170 g/mol. The zero-order valence-corrected chi connectivity index (χ0v) is 7.50. The van der Waals surface area contributed by atoms with Gasteiger partial charge in [0, 0.05) is 12.8 Å². The minimum atomic E-state index is -0.212. The van der Waals surface area contributed by atoms with Crippen LogP contribution >= 0.6 is 0 Å². The van der Waals surface area contributed by atoms with Gasteiger partial charge in [0.25, 0.3) is 0 Å². The first-order chi connectivity index (χ1) is 5.65. The van der Waals surface area contributed by atoms with Crippen molar-refractivity contribution in [3.63, 3.8) is 0 Å². The van der Waals surface area contributed by atoms with E-state index in [9.17, 15) is 9.59 Å². The standard InChI is InChI=1S/C9H14O3/c1-3-12-9(11)8-5-7(10)4-6(8)2/h6,8H,3-5H2,1-2H3/t6-,8+/m1/s1. The largest absolute Gasteiger partial charge is 0.466 e. The van der Waals surface area contributed by atoms with Gasteiger partial charge in [-0.1, -0.05) is 6.92 Å². The van der Waals surface area contributed by atoms with Crippen LogP contribution in [0.2, 0.25) is 0 Å². The molecule has 0 bridgehead atoms. The summed E-state index contributed by atoms with van der Waals surface area (Å²) in [6.45, 7) is 4.10. The van der Waals surface area contributed by atoms with Crippen LogP contribution in [0.25, 0.3) is 0 Å². The number of ether oxygens (including phenoxy) is 1. The topological polar surface area (TPSA) is 43.4 Å². The van der Waals surface area contributed by atoms with E-state index in [1.165, 1.54) is 0 Å². The molecule has 2 atom stereocenters. The molecule has 1 saturated carbocycles. The van der Waals surface area contributed by atoms with Crippen LogP contribution in [-0.4, -0.2) is 18.4 Å². The van der Waals surface area contributed by atoms with Gasteiger partial charge in [-0.15, -0.1) is 0 Å². The number of hydrogen-bond donors (Lipinski definition) is 0. The molecule has 0 radical (unpaired) electrons. The Labute approximate surface area is 72.1 Å². The smallest absolute Gasteiger partial charge is 0.309 e. The molecule has 1 aliphatic carbocycles. The summed E-state index contributed by atoms with van der Waals surface area (Å²) < 4.78 is 4.85. The Kier molecular flexibility index (Phi) is 2.84. The third-order valence-electron chi connectivity index (χ3n) is 2.27. The summed E-state index contributed by atoms with van der Waals surface area (Å²) in [5.41, 5.74) is 0. The summed E-state index contributed by atoms with van der Waals surface area (Å²) in [5.74, 6) is -0.0506. The second kappa shape index (κ2) is 3.70. The maximum atomic E-state index is 11.2. The summed E-state index contributed by atoms with van der Waals surface area (Å²) in [5, 5.41) is 0. The maximum Gasteiger partial charge on any atom is 0.309 e. The number of hydrogen-bond acceptors (Lipinski definition) is 3. The quantitative estimate of drug-likeness (QED) is 0.584. The lowest BCUT2D eigenvalue weighted by atomic mass is 9.99. The molecule has 0 aromatic rings. The van der Waals surface area contributed by atoms with Crippen molar-refractivity contribution in [2.75, 3.05) is 6.61 Å². The van der Waals surface area contributed by atoms with Crippen LogP contribution in [0.4, 0.5) is 0 Å². The third kappa shape index (κ3) is 1.84. The van der Waals surface area contributed by atoms with E-state index in [1.807, 2.05) is 6.92 Å². The van der Waals surface area contributed by atoms with Crippen LogP contribution < -0.4 is 0 Å². The molecule has 0 N–H and O–H groups in total. The molecule has 0 heterocycles. The van der Waals surface area contributed by atoms with Crippen molar-refractivity contribution in [2.45, 2.75) is 26.7 Å². The number of esters is 1. The third-order valence-corrected chi connectivity index (χ3v) is 2.27. The molecule has 0 aromatic carbocycles. The average Bonchev–Trinajstić information content (AvgIpc) is 2.30. The predicted molar refractivity (Wildman–Crippen MR) is 43.5 cm³/mol. The maximum absolute atomic E-state index is 11.2. The van der Waals surface area contributed by atoms with Crippen molar-refractivity contribution in [1.82, 2.24) is 0 Å². The fourth-order valence-electron chi connectivity index (χ4n) is 1.60. The number of Topliss-reactive ketones (excluding diaryl/α,β-unsaturated/α-hetero) is 1. The first-order valence-electron chi connectivity index (χ1n) is 4.33. The first-order valence-corrected chi connectivity index (χ1v) is 4.33. The van der Waals surface area contributed by atoms with Gasteiger partial charge in [0.05, 0.1) is 12.5 Å². The van der Waals surface area contributed by atoms with Gasteiger partial charge < -0.3 is 4.74 Å². The second-order valence-corrected chi connectivity index (χ2v) is 3.28. The lowest BCUT2D eigenvalue weighted by Gasteiger charge is -2.11. The van der Waals surface area contributed by atoms with E-state index < -0.39 is 0 Å². The fourth-order valence-corrected chi connectivity index (χ4v) is 1.60. The Balaban J connectivity index is 2.52. The van der Waals surface area contributed by atoms with Crippen LogP contribution in [0, 0.1) is 11.8 Å². The SMILES string of the molecule is CCOC(=O)[C@H]1CC(=O)C[C@H]1C. The first kappa shape index (κ1) is 9.23. The Morgan fingerprint density at radius 3 is 2.67 bits per heavy atom. The molecular weight excluding hydrogens is 156 g/mol. The van der Waals surface area contributed by atoms with Crippen molar-refractivity contribution in [1.29, 1.82) is 0 Å². The van der Waals surface area contributed by atoms with Crippen molar-refractivity contribution in [3.8, 4) is 0 Å². The number of rotatable bonds is 2. The van der Waals surface area contributed by atoms with Crippen LogP contribution in [-0.2, 0) is 14.3 Å². The van der Waals surface area contributed by atoms with Crippen LogP contribution in [0.5, 0.6) is 0 Å². The highest BCUT2D eigenvalue weighted by Crippen LogP contribution is 2.29. The number of carbonyl (C=O) groups excluding carboxylic acids is 2. The van der Waals surface area contributed by atoms with Gasteiger partial charge in [0.15, 0.2) is 0 Å². The highest BCUT2D eigenvalue weighted by Gasteiger charge is 2.35. The van der Waals surface area contributed by atoms with Gasteiger partial charge in [-0.25, -0.2) is 0 Å². The van der Waals surface area contributed by atoms with E-state index in [4.69, 9.17) is 4.74 Å². The molecule has 0 amide bonds. The van der Waals surface area contributed by atoms with Gasteiger partial charge in [0.1, 0.15) is 5.78 Å².